The topological polar surface area (TPSA) is 122 Å². The Balaban J connectivity index is 2.22. The number of hydrogen-bond donors (Lipinski definition) is 0. The first kappa shape index (κ1) is 22.8. The molecule has 0 saturated carbocycles. The first-order chi connectivity index (χ1) is 14.3. The van der Waals surface area contributed by atoms with Crippen LogP contribution in [0.1, 0.15) is 50.7 Å². The molecule has 9 nitrogen and oxygen atoms in total. The minimum atomic E-state index is -1.01. The zero-order valence-corrected chi connectivity index (χ0v) is 17.0. The van der Waals surface area contributed by atoms with Gasteiger partial charge in [-0.15, -0.1) is 0 Å². The van der Waals surface area contributed by atoms with E-state index in [1.165, 1.54) is 36.4 Å². The van der Waals surface area contributed by atoms with E-state index in [4.69, 9.17) is 9.47 Å². The number of unbranched alkanes of at least 4 members (excludes halogenated alkanes) is 2. The summed E-state index contributed by atoms with van der Waals surface area (Å²) in [6, 6.07) is 8.04. The highest BCUT2D eigenvalue weighted by atomic mass is 16.7. The minimum Gasteiger partial charge on any atom is -0.394 e. The second-order valence-corrected chi connectivity index (χ2v) is 6.76. The molecule has 0 fully saturated rings. The minimum absolute atomic E-state index is 0.0842. The van der Waals surface area contributed by atoms with Crippen molar-refractivity contribution in [3.8, 4) is 11.5 Å². The van der Waals surface area contributed by atoms with E-state index in [0.29, 0.717) is 24.0 Å². The van der Waals surface area contributed by atoms with Crippen LogP contribution in [0.4, 0.5) is 16.2 Å². The molecule has 9 heteroatoms. The molecule has 2 aromatic rings. The third-order valence-electron chi connectivity index (χ3n) is 4.50. The molecule has 0 aliphatic rings. The fourth-order valence-electron chi connectivity index (χ4n) is 2.88. The summed E-state index contributed by atoms with van der Waals surface area (Å²) in [5, 5.41) is 22.1. The van der Waals surface area contributed by atoms with Gasteiger partial charge < -0.3 is 9.47 Å². The molecule has 0 aliphatic carbocycles. The second kappa shape index (κ2) is 10.9. The van der Waals surface area contributed by atoms with Gasteiger partial charge in [-0.05, 0) is 37.8 Å². The first-order valence-electron chi connectivity index (χ1n) is 9.80. The van der Waals surface area contributed by atoms with Crippen LogP contribution in [0.2, 0.25) is 0 Å². The number of non-ortho nitro benzene ring substituents is 2. The molecule has 0 atom stereocenters. The highest BCUT2D eigenvalue weighted by Gasteiger charge is 2.18. The van der Waals surface area contributed by atoms with Crippen molar-refractivity contribution in [2.24, 2.45) is 0 Å². The summed E-state index contributed by atoms with van der Waals surface area (Å²) in [4.78, 5) is 33.4. The van der Waals surface area contributed by atoms with Crippen LogP contribution in [0.25, 0.3) is 0 Å². The predicted molar refractivity (Wildman–Crippen MR) is 110 cm³/mol. The molecule has 0 amide bonds. The molecule has 2 aromatic carbocycles. The molecule has 0 saturated heterocycles. The monoisotopic (exact) mass is 416 g/mol. The third kappa shape index (κ3) is 6.26. The van der Waals surface area contributed by atoms with Gasteiger partial charge in [-0.1, -0.05) is 26.7 Å². The van der Waals surface area contributed by atoms with Crippen LogP contribution in [-0.4, -0.2) is 16.0 Å². The van der Waals surface area contributed by atoms with Gasteiger partial charge in [0.1, 0.15) is 11.5 Å². The van der Waals surface area contributed by atoms with E-state index >= 15 is 0 Å². The van der Waals surface area contributed by atoms with Crippen molar-refractivity contribution in [3.63, 3.8) is 0 Å². The maximum Gasteiger partial charge on any atom is 0.519 e. The van der Waals surface area contributed by atoms with Crippen molar-refractivity contribution < 1.29 is 24.1 Å². The average molecular weight is 416 g/mol. The van der Waals surface area contributed by atoms with Gasteiger partial charge >= 0.3 is 6.16 Å². The normalized spacial score (nSPS) is 10.5. The molecule has 0 spiro atoms. The SMILES string of the molecule is CCCCc1cc([N+](=O)[O-])ccc1OC(=O)Oc1ccc([N+](=O)[O-])cc1CCCC. The number of benzene rings is 2. The van der Waals surface area contributed by atoms with Crippen LogP contribution in [0.5, 0.6) is 11.5 Å². The van der Waals surface area contributed by atoms with E-state index in [1.807, 2.05) is 13.8 Å². The van der Waals surface area contributed by atoms with Gasteiger partial charge in [-0.25, -0.2) is 4.79 Å². The van der Waals surface area contributed by atoms with Crippen molar-refractivity contribution in [1.82, 2.24) is 0 Å². The number of ether oxygens (including phenoxy) is 2. The average Bonchev–Trinajstić information content (AvgIpc) is 2.71. The van der Waals surface area contributed by atoms with Crippen LogP contribution in [0.15, 0.2) is 36.4 Å². The number of aryl methyl sites for hydroxylation is 2. The van der Waals surface area contributed by atoms with E-state index in [2.05, 4.69) is 0 Å². The largest absolute Gasteiger partial charge is 0.519 e. The van der Waals surface area contributed by atoms with E-state index in [9.17, 15) is 25.0 Å². The number of nitrogens with zero attached hydrogens (tertiary/aromatic N) is 2. The summed E-state index contributed by atoms with van der Waals surface area (Å²) in [6.45, 7) is 3.97. The quantitative estimate of drug-likeness (QED) is 0.209. The van der Waals surface area contributed by atoms with Gasteiger partial charge in [0.05, 0.1) is 9.85 Å². The predicted octanol–water partition coefficient (Wildman–Crippen LogP) is 5.77. The Morgan fingerprint density at radius 2 is 1.20 bits per heavy atom. The molecule has 0 bridgehead atoms. The van der Waals surface area contributed by atoms with Crippen LogP contribution >= 0.6 is 0 Å². The molecule has 0 aliphatic heterocycles. The molecule has 30 heavy (non-hydrogen) atoms. The fourth-order valence-corrected chi connectivity index (χ4v) is 2.88. The van der Waals surface area contributed by atoms with Crippen molar-refractivity contribution in [2.45, 2.75) is 52.4 Å². The number of carbonyl (C=O) groups is 1. The van der Waals surface area contributed by atoms with Crippen molar-refractivity contribution in [3.05, 3.63) is 67.8 Å². The van der Waals surface area contributed by atoms with Crippen LogP contribution in [-0.2, 0) is 12.8 Å². The highest BCUT2D eigenvalue weighted by Crippen LogP contribution is 2.29. The van der Waals surface area contributed by atoms with E-state index in [0.717, 1.165) is 25.7 Å². The van der Waals surface area contributed by atoms with E-state index < -0.39 is 16.0 Å². The number of rotatable bonds is 10. The van der Waals surface area contributed by atoms with Crippen LogP contribution < -0.4 is 9.47 Å². The molecule has 2 rings (SSSR count). The van der Waals surface area contributed by atoms with Crippen LogP contribution in [0, 0.1) is 20.2 Å². The lowest BCUT2D eigenvalue weighted by Crippen LogP contribution is -2.16. The lowest BCUT2D eigenvalue weighted by atomic mass is 10.1. The Kier molecular flexibility index (Phi) is 8.28. The molecule has 160 valence electrons. The van der Waals surface area contributed by atoms with Crippen molar-refractivity contribution >= 4 is 17.5 Å². The zero-order valence-electron chi connectivity index (χ0n) is 17.0. The Hall–Kier alpha value is -3.49. The number of hydrogen-bond acceptors (Lipinski definition) is 7. The molecule has 0 aromatic heterocycles. The summed E-state index contributed by atoms with van der Waals surface area (Å²) in [5.41, 5.74) is 0.911. The van der Waals surface area contributed by atoms with Gasteiger partial charge in [0.2, 0.25) is 0 Å². The molecule has 0 N–H and O–H groups in total. The molecular formula is C21H24N2O7. The Morgan fingerprint density at radius 3 is 1.53 bits per heavy atom. The van der Waals surface area contributed by atoms with Gasteiger partial charge in [-0.3, -0.25) is 20.2 Å². The van der Waals surface area contributed by atoms with Crippen molar-refractivity contribution in [2.75, 3.05) is 0 Å². The maximum absolute atomic E-state index is 12.4. The summed E-state index contributed by atoms with van der Waals surface area (Å²) in [5.74, 6) is 0.382. The smallest absolute Gasteiger partial charge is 0.394 e. The second-order valence-electron chi connectivity index (χ2n) is 6.76. The van der Waals surface area contributed by atoms with Crippen molar-refractivity contribution in [1.29, 1.82) is 0 Å². The highest BCUT2D eigenvalue weighted by molar-refractivity contribution is 5.69. The van der Waals surface area contributed by atoms with Gasteiger partial charge in [0, 0.05) is 35.4 Å². The Labute approximate surface area is 173 Å². The van der Waals surface area contributed by atoms with E-state index in [1.54, 1.807) is 0 Å². The summed E-state index contributed by atoms with van der Waals surface area (Å²) >= 11 is 0. The summed E-state index contributed by atoms with van der Waals surface area (Å²) in [6.07, 6.45) is 3.31. The molecule has 0 radical (unpaired) electrons. The lowest BCUT2D eigenvalue weighted by Gasteiger charge is -2.12. The zero-order chi connectivity index (χ0) is 22.1. The summed E-state index contributed by atoms with van der Waals surface area (Å²) in [7, 11) is 0. The van der Waals surface area contributed by atoms with E-state index in [-0.39, 0.29) is 22.9 Å². The molecular weight excluding hydrogens is 392 g/mol. The van der Waals surface area contributed by atoms with Gasteiger partial charge in [-0.2, -0.15) is 0 Å². The van der Waals surface area contributed by atoms with Crippen LogP contribution in [0.3, 0.4) is 0 Å². The fraction of sp³-hybridized carbons (Fsp3) is 0.381. The number of nitro benzene ring substituents is 2. The maximum atomic E-state index is 12.4. The third-order valence-corrected chi connectivity index (χ3v) is 4.50. The summed E-state index contributed by atoms with van der Waals surface area (Å²) < 4.78 is 10.6. The Bertz CT molecular complexity index is 854. The van der Waals surface area contributed by atoms with Gasteiger partial charge in [0.25, 0.3) is 11.4 Å². The first-order valence-corrected chi connectivity index (χ1v) is 9.80. The van der Waals surface area contributed by atoms with Gasteiger partial charge in [0.15, 0.2) is 0 Å². The standard InChI is InChI=1S/C21H24N2O7/c1-3-5-7-15-13-17(22(25)26)9-11-19(15)29-21(24)30-20-12-10-18(23(27)28)14-16(20)8-6-4-2/h9-14H,3-8H2,1-2H3. The Morgan fingerprint density at radius 1 is 0.800 bits per heavy atom. The molecule has 0 heterocycles. The number of nitro groups is 2. The lowest BCUT2D eigenvalue weighted by molar-refractivity contribution is -0.385. The molecule has 0 unspecified atom stereocenters. The number of carbonyl (C=O) groups excluding carboxylic acids is 1.